The minimum atomic E-state index is -0.107. The van der Waals surface area contributed by atoms with E-state index in [0.29, 0.717) is 12.4 Å². The molecule has 0 bridgehead atoms. The van der Waals surface area contributed by atoms with Crippen molar-refractivity contribution in [1.82, 2.24) is 9.55 Å². The predicted octanol–water partition coefficient (Wildman–Crippen LogP) is 3.63. The molecule has 0 fully saturated rings. The van der Waals surface area contributed by atoms with Crippen LogP contribution in [0.3, 0.4) is 0 Å². The summed E-state index contributed by atoms with van der Waals surface area (Å²) in [5, 5.41) is 12.1. The SMILES string of the molecule is Cc1csc(COc2ccn(C3=Cc4ccc(CO)cc4CC3)c(=O)c2)n1. The molecule has 1 aliphatic rings. The topological polar surface area (TPSA) is 64.3 Å². The first-order valence-corrected chi connectivity index (χ1v) is 9.70. The largest absolute Gasteiger partial charge is 0.486 e. The van der Waals surface area contributed by atoms with Gasteiger partial charge in [-0.1, -0.05) is 18.2 Å². The van der Waals surface area contributed by atoms with E-state index in [0.717, 1.165) is 40.4 Å². The monoisotopic (exact) mass is 380 g/mol. The van der Waals surface area contributed by atoms with Crippen LogP contribution in [0, 0.1) is 6.92 Å². The number of thiazole rings is 1. The molecule has 0 saturated heterocycles. The van der Waals surface area contributed by atoms with Gasteiger partial charge in [0.2, 0.25) is 0 Å². The summed E-state index contributed by atoms with van der Waals surface area (Å²) in [7, 11) is 0. The summed E-state index contributed by atoms with van der Waals surface area (Å²) >= 11 is 1.55. The first-order valence-electron chi connectivity index (χ1n) is 8.82. The van der Waals surface area contributed by atoms with Crippen molar-refractivity contribution < 1.29 is 9.84 Å². The molecule has 2 heterocycles. The average molecular weight is 380 g/mol. The highest BCUT2D eigenvalue weighted by atomic mass is 32.1. The minimum Gasteiger partial charge on any atom is -0.486 e. The Balaban J connectivity index is 1.54. The lowest BCUT2D eigenvalue weighted by Crippen LogP contribution is -2.19. The highest BCUT2D eigenvalue weighted by Gasteiger charge is 2.13. The number of benzene rings is 1. The Morgan fingerprint density at radius 2 is 2.15 bits per heavy atom. The van der Waals surface area contributed by atoms with Crippen LogP contribution in [0.25, 0.3) is 11.8 Å². The van der Waals surface area contributed by atoms with E-state index in [1.807, 2.05) is 42.6 Å². The van der Waals surface area contributed by atoms with E-state index in [1.165, 1.54) is 11.6 Å². The van der Waals surface area contributed by atoms with Gasteiger partial charge in [0.15, 0.2) is 0 Å². The molecule has 138 valence electrons. The van der Waals surface area contributed by atoms with Crippen LogP contribution in [0.5, 0.6) is 5.75 Å². The highest BCUT2D eigenvalue weighted by molar-refractivity contribution is 7.09. The second-order valence-corrected chi connectivity index (χ2v) is 7.51. The van der Waals surface area contributed by atoms with Crippen molar-refractivity contribution in [3.05, 3.63) is 79.7 Å². The summed E-state index contributed by atoms with van der Waals surface area (Å²) in [6, 6.07) is 9.28. The van der Waals surface area contributed by atoms with Crippen LogP contribution in [-0.2, 0) is 19.6 Å². The molecule has 0 saturated carbocycles. The standard InChI is InChI=1S/C21H20N2O3S/c1-14-13-27-20(22-14)12-26-19-6-7-23(21(25)10-19)18-5-4-16-8-15(11-24)2-3-17(16)9-18/h2-3,6-10,13,24H,4-5,11-12H2,1H3. The minimum absolute atomic E-state index is 0.0470. The molecule has 1 aliphatic carbocycles. The van der Waals surface area contributed by atoms with E-state index in [9.17, 15) is 9.90 Å². The van der Waals surface area contributed by atoms with Crippen LogP contribution in [0.4, 0.5) is 0 Å². The lowest BCUT2D eigenvalue weighted by molar-refractivity contribution is 0.281. The summed E-state index contributed by atoms with van der Waals surface area (Å²) in [4.78, 5) is 16.9. The lowest BCUT2D eigenvalue weighted by atomic mass is 9.93. The van der Waals surface area contributed by atoms with Crippen molar-refractivity contribution in [3.8, 4) is 5.75 Å². The van der Waals surface area contributed by atoms with Gasteiger partial charge in [-0.25, -0.2) is 4.98 Å². The molecule has 2 aromatic heterocycles. The molecule has 0 atom stereocenters. The molecular weight excluding hydrogens is 360 g/mol. The van der Waals surface area contributed by atoms with E-state index in [1.54, 1.807) is 22.1 Å². The van der Waals surface area contributed by atoms with Crippen LogP contribution >= 0.6 is 11.3 Å². The fraction of sp³-hybridized carbons (Fsp3) is 0.238. The number of hydrogen-bond donors (Lipinski definition) is 1. The number of ether oxygens (including phenoxy) is 1. The zero-order chi connectivity index (χ0) is 18.8. The third-order valence-corrected chi connectivity index (χ3v) is 5.53. The maximum absolute atomic E-state index is 12.6. The molecule has 3 aromatic rings. The molecule has 0 unspecified atom stereocenters. The molecular formula is C21H20N2O3S. The average Bonchev–Trinajstić information content (AvgIpc) is 3.11. The van der Waals surface area contributed by atoms with Gasteiger partial charge in [-0.05, 0) is 48.6 Å². The van der Waals surface area contributed by atoms with E-state index < -0.39 is 0 Å². The van der Waals surface area contributed by atoms with Crippen LogP contribution in [0.2, 0.25) is 0 Å². The van der Waals surface area contributed by atoms with Crippen molar-refractivity contribution in [1.29, 1.82) is 0 Å². The number of pyridine rings is 1. The summed E-state index contributed by atoms with van der Waals surface area (Å²) in [5.74, 6) is 0.550. The number of aryl methyl sites for hydroxylation is 2. The Labute approximate surface area is 161 Å². The van der Waals surface area contributed by atoms with Crippen LogP contribution < -0.4 is 10.3 Å². The summed E-state index contributed by atoms with van der Waals surface area (Å²) < 4.78 is 7.37. The molecule has 1 N–H and O–H groups in total. The fourth-order valence-corrected chi connectivity index (χ4v) is 3.90. The highest BCUT2D eigenvalue weighted by Crippen LogP contribution is 2.27. The third-order valence-electron chi connectivity index (χ3n) is 4.59. The lowest BCUT2D eigenvalue weighted by Gasteiger charge is -2.19. The molecule has 6 heteroatoms. The molecule has 0 amide bonds. The van der Waals surface area contributed by atoms with Gasteiger partial charge in [-0.3, -0.25) is 9.36 Å². The van der Waals surface area contributed by atoms with Crippen molar-refractivity contribution in [2.75, 3.05) is 0 Å². The molecule has 0 aliphatic heterocycles. The Bertz CT molecular complexity index is 1070. The van der Waals surface area contributed by atoms with E-state index in [2.05, 4.69) is 4.98 Å². The molecule has 27 heavy (non-hydrogen) atoms. The normalized spacial score (nSPS) is 13.2. The zero-order valence-corrected chi connectivity index (χ0v) is 15.8. The Hall–Kier alpha value is -2.70. The first kappa shape index (κ1) is 17.7. The van der Waals surface area contributed by atoms with Crippen molar-refractivity contribution in [2.24, 2.45) is 0 Å². The number of allylic oxidation sites excluding steroid dienone is 1. The number of aliphatic hydroxyl groups excluding tert-OH is 1. The Morgan fingerprint density at radius 3 is 2.89 bits per heavy atom. The van der Waals surface area contributed by atoms with E-state index >= 15 is 0 Å². The van der Waals surface area contributed by atoms with E-state index in [4.69, 9.17) is 4.74 Å². The fourth-order valence-electron chi connectivity index (χ4n) is 3.22. The second kappa shape index (κ2) is 7.50. The van der Waals surface area contributed by atoms with Crippen LogP contribution in [-0.4, -0.2) is 14.7 Å². The van der Waals surface area contributed by atoms with Crippen LogP contribution in [0.15, 0.2) is 46.7 Å². The molecule has 0 radical (unpaired) electrons. The van der Waals surface area contributed by atoms with Crippen LogP contribution in [0.1, 0.15) is 33.8 Å². The number of hydrogen-bond acceptors (Lipinski definition) is 5. The second-order valence-electron chi connectivity index (χ2n) is 6.57. The van der Waals surface area contributed by atoms with Gasteiger partial charge in [-0.15, -0.1) is 11.3 Å². The predicted molar refractivity (Wildman–Crippen MR) is 107 cm³/mol. The van der Waals surface area contributed by atoms with Gasteiger partial charge >= 0.3 is 0 Å². The maximum Gasteiger partial charge on any atom is 0.258 e. The van der Waals surface area contributed by atoms with Gasteiger partial charge in [0.25, 0.3) is 5.56 Å². The van der Waals surface area contributed by atoms with Gasteiger partial charge in [0.1, 0.15) is 17.4 Å². The number of aromatic nitrogens is 2. The third kappa shape index (κ3) is 3.86. The van der Waals surface area contributed by atoms with Gasteiger partial charge in [0, 0.05) is 29.0 Å². The zero-order valence-electron chi connectivity index (χ0n) is 15.0. The van der Waals surface area contributed by atoms with Gasteiger partial charge in [0.05, 0.1) is 6.61 Å². The van der Waals surface area contributed by atoms with Crippen molar-refractivity contribution >= 4 is 23.1 Å². The van der Waals surface area contributed by atoms with Gasteiger partial charge < -0.3 is 9.84 Å². The first-order chi connectivity index (χ1) is 13.1. The molecule has 5 nitrogen and oxygen atoms in total. The summed E-state index contributed by atoms with van der Waals surface area (Å²) in [6.45, 7) is 2.36. The number of rotatable bonds is 5. The Morgan fingerprint density at radius 1 is 1.26 bits per heavy atom. The summed E-state index contributed by atoms with van der Waals surface area (Å²) in [5.41, 5.74) is 5.05. The van der Waals surface area contributed by atoms with Crippen molar-refractivity contribution in [3.63, 3.8) is 0 Å². The van der Waals surface area contributed by atoms with Gasteiger partial charge in [-0.2, -0.15) is 0 Å². The number of fused-ring (bicyclic) bond motifs is 1. The number of nitrogens with zero attached hydrogens (tertiary/aromatic N) is 2. The molecule has 1 aromatic carbocycles. The maximum atomic E-state index is 12.6. The Kier molecular flexibility index (Phi) is 4.92. The summed E-state index contributed by atoms with van der Waals surface area (Å²) in [6.07, 6.45) is 5.44. The van der Waals surface area contributed by atoms with E-state index in [-0.39, 0.29) is 12.2 Å². The molecule has 4 rings (SSSR count). The number of aliphatic hydroxyl groups is 1. The quantitative estimate of drug-likeness (QED) is 0.734. The smallest absolute Gasteiger partial charge is 0.258 e. The van der Waals surface area contributed by atoms with Crippen molar-refractivity contribution in [2.45, 2.75) is 33.0 Å². The molecule has 0 spiro atoms.